The molecule has 0 radical (unpaired) electrons. The van der Waals surface area contributed by atoms with Gasteiger partial charge in [-0.3, -0.25) is 0 Å². The highest BCUT2D eigenvalue weighted by atomic mass is 16.5. The Morgan fingerprint density at radius 2 is 2.36 bits per heavy atom. The lowest BCUT2D eigenvalue weighted by Crippen LogP contribution is -2.54. The Morgan fingerprint density at radius 1 is 1.50 bits per heavy atom. The zero-order valence-corrected chi connectivity index (χ0v) is 13.1. The summed E-state index contributed by atoms with van der Waals surface area (Å²) in [4.78, 5) is 18.6. The first kappa shape index (κ1) is 14.8. The molecule has 1 unspecified atom stereocenters. The minimum absolute atomic E-state index is 0.0555. The normalized spacial score (nSPS) is 22.0. The van der Waals surface area contributed by atoms with Crippen molar-refractivity contribution in [2.45, 2.75) is 32.4 Å². The molecule has 0 bridgehead atoms. The molecule has 0 spiro atoms. The van der Waals surface area contributed by atoms with Crippen molar-refractivity contribution in [3.05, 3.63) is 36.3 Å². The Balaban J connectivity index is 1.60. The molecule has 2 aromatic rings. The topological polar surface area (TPSA) is 58.9 Å². The van der Waals surface area contributed by atoms with E-state index < -0.39 is 0 Å². The van der Waals surface area contributed by atoms with Crippen LogP contribution in [0, 0.1) is 0 Å². The third-order valence-corrected chi connectivity index (χ3v) is 4.21. The van der Waals surface area contributed by atoms with Gasteiger partial charge in [0.05, 0.1) is 31.0 Å². The van der Waals surface area contributed by atoms with Crippen molar-refractivity contribution in [3.63, 3.8) is 0 Å². The van der Waals surface area contributed by atoms with Gasteiger partial charge in [0.25, 0.3) is 0 Å². The molecule has 22 heavy (non-hydrogen) atoms. The number of hydrogen-bond acceptors (Lipinski definition) is 3. The van der Waals surface area contributed by atoms with Crippen LogP contribution in [0.15, 0.2) is 30.6 Å². The van der Waals surface area contributed by atoms with Crippen molar-refractivity contribution in [2.24, 2.45) is 0 Å². The zero-order valence-electron chi connectivity index (χ0n) is 13.1. The fraction of sp³-hybridized carbons (Fsp3) is 0.500. The Morgan fingerprint density at radius 3 is 3.14 bits per heavy atom. The summed E-state index contributed by atoms with van der Waals surface area (Å²) in [5.41, 5.74) is 1.50. The van der Waals surface area contributed by atoms with E-state index in [2.05, 4.69) is 24.1 Å². The Labute approximate surface area is 130 Å². The maximum atomic E-state index is 12.3. The van der Waals surface area contributed by atoms with E-state index in [1.165, 1.54) is 0 Å². The quantitative estimate of drug-likeness (QED) is 0.944. The molecule has 1 atom stereocenters. The number of rotatable bonds is 3. The van der Waals surface area contributed by atoms with E-state index in [0.717, 1.165) is 17.8 Å². The molecule has 3 heterocycles. The van der Waals surface area contributed by atoms with Gasteiger partial charge in [-0.15, -0.1) is 0 Å². The van der Waals surface area contributed by atoms with E-state index in [-0.39, 0.29) is 11.6 Å². The molecule has 2 aromatic heterocycles. The van der Waals surface area contributed by atoms with Crippen LogP contribution in [0.2, 0.25) is 0 Å². The average Bonchev–Trinajstić information content (AvgIpc) is 2.95. The van der Waals surface area contributed by atoms with Gasteiger partial charge < -0.3 is 19.4 Å². The van der Waals surface area contributed by atoms with Gasteiger partial charge >= 0.3 is 6.03 Å². The minimum atomic E-state index is -0.237. The van der Waals surface area contributed by atoms with Crippen molar-refractivity contribution in [3.8, 4) is 0 Å². The van der Waals surface area contributed by atoms with Gasteiger partial charge in [-0.2, -0.15) is 0 Å². The number of hydrogen-bond donors (Lipinski definition) is 1. The first-order valence-electron chi connectivity index (χ1n) is 7.69. The van der Waals surface area contributed by atoms with Gasteiger partial charge in [-0.1, -0.05) is 13.0 Å². The number of nitrogens with one attached hydrogen (secondary N) is 1. The van der Waals surface area contributed by atoms with E-state index in [4.69, 9.17) is 4.74 Å². The average molecular weight is 302 g/mol. The standard InChI is InChI=1S/C16H22N4O2/c1-3-16(2)12-20(8-9-22-16)15(21)17-10-13-11-19-7-5-4-6-14(19)18-13/h4-7,11H,3,8-10,12H2,1-2H3,(H,17,21). The molecule has 3 rings (SSSR count). The first-order chi connectivity index (χ1) is 10.6. The summed E-state index contributed by atoms with van der Waals surface area (Å²) in [5.74, 6) is 0. The molecule has 1 N–H and O–H groups in total. The van der Waals surface area contributed by atoms with Gasteiger partial charge in [0, 0.05) is 18.9 Å². The number of ether oxygens (including phenoxy) is 1. The first-order valence-corrected chi connectivity index (χ1v) is 7.69. The fourth-order valence-electron chi connectivity index (χ4n) is 2.67. The van der Waals surface area contributed by atoms with Crippen LogP contribution in [0.3, 0.4) is 0 Å². The molecule has 6 nitrogen and oxygen atoms in total. The summed E-state index contributed by atoms with van der Waals surface area (Å²) in [6.45, 7) is 6.41. The third-order valence-electron chi connectivity index (χ3n) is 4.21. The van der Waals surface area contributed by atoms with Crippen LogP contribution in [-0.2, 0) is 11.3 Å². The van der Waals surface area contributed by atoms with E-state index >= 15 is 0 Å². The highest BCUT2D eigenvalue weighted by molar-refractivity contribution is 5.74. The minimum Gasteiger partial charge on any atom is -0.372 e. The molecule has 1 fully saturated rings. The second-order valence-electron chi connectivity index (χ2n) is 5.93. The van der Waals surface area contributed by atoms with Gasteiger partial charge in [0.1, 0.15) is 5.65 Å². The number of morpholine rings is 1. The van der Waals surface area contributed by atoms with E-state index in [0.29, 0.717) is 26.2 Å². The van der Waals surface area contributed by atoms with Crippen LogP contribution in [0.5, 0.6) is 0 Å². The van der Waals surface area contributed by atoms with Crippen molar-refractivity contribution in [2.75, 3.05) is 19.7 Å². The number of nitrogens with zero attached hydrogens (tertiary/aromatic N) is 3. The van der Waals surface area contributed by atoms with Crippen molar-refractivity contribution < 1.29 is 9.53 Å². The molecule has 0 aliphatic carbocycles. The number of aromatic nitrogens is 2. The molecule has 0 aromatic carbocycles. The molecular formula is C16H22N4O2. The predicted octanol–water partition coefficient (Wildman–Crippen LogP) is 2.04. The maximum absolute atomic E-state index is 12.3. The van der Waals surface area contributed by atoms with Gasteiger partial charge in [-0.05, 0) is 25.5 Å². The summed E-state index contributed by atoms with van der Waals surface area (Å²) < 4.78 is 7.71. The lowest BCUT2D eigenvalue weighted by Gasteiger charge is -2.39. The lowest BCUT2D eigenvalue weighted by molar-refractivity contribution is -0.0872. The van der Waals surface area contributed by atoms with Crippen molar-refractivity contribution >= 4 is 11.7 Å². The number of carbonyl (C=O) groups is 1. The smallest absolute Gasteiger partial charge is 0.317 e. The van der Waals surface area contributed by atoms with Gasteiger partial charge in [0.15, 0.2) is 0 Å². The predicted molar refractivity (Wildman–Crippen MR) is 83.6 cm³/mol. The number of fused-ring (bicyclic) bond motifs is 1. The number of pyridine rings is 1. The zero-order chi connectivity index (χ0) is 15.6. The monoisotopic (exact) mass is 302 g/mol. The summed E-state index contributed by atoms with van der Waals surface area (Å²) in [7, 11) is 0. The van der Waals surface area contributed by atoms with E-state index in [9.17, 15) is 4.79 Å². The Kier molecular flexibility index (Phi) is 4.02. The van der Waals surface area contributed by atoms with Crippen molar-refractivity contribution in [1.82, 2.24) is 19.6 Å². The summed E-state index contributed by atoms with van der Waals surface area (Å²) >= 11 is 0. The lowest BCUT2D eigenvalue weighted by atomic mass is 10.0. The molecular weight excluding hydrogens is 280 g/mol. The maximum Gasteiger partial charge on any atom is 0.317 e. The molecule has 1 saturated heterocycles. The van der Waals surface area contributed by atoms with Crippen molar-refractivity contribution in [1.29, 1.82) is 0 Å². The second-order valence-corrected chi connectivity index (χ2v) is 5.93. The molecule has 0 saturated carbocycles. The summed E-state index contributed by atoms with van der Waals surface area (Å²) in [6, 6.07) is 5.79. The number of carbonyl (C=O) groups excluding carboxylic acids is 1. The third kappa shape index (κ3) is 3.06. The molecule has 1 aliphatic heterocycles. The van der Waals surface area contributed by atoms with Crippen LogP contribution in [0.25, 0.3) is 5.65 Å². The van der Waals surface area contributed by atoms with E-state index in [1.54, 1.807) is 0 Å². The van der Waals surface area contributed by atoms with Crippen LogP contribution in [-0.4, -0.2) is 45.6 Å². The number of imidazole rings is 1. The van der Waals surface area contributed by atoms with Crippen LogP contribution < -0.4 is 5.32 Å². The Bertz CT molecular complexity index is 636. The molecule has 1 aliphatic rings. The molecule has 118 valence electrons. The second kappa shape index (κ2) is 5.96. The van der Waals surface area contributed by atoms with Gasteiger partial charge in [-0.25, -0.2) is 9.78 Å². The summed E-state index contributed by atoms with van der Waals surface area (Å²) in [6.07, 6.45) is 4.77. The number of urea groups is 1. The van der Waals surface area contributed by atoms with E-state index in [1.807, 2.05) is 39.9 Å². The highest BCUT2D eigenvalue weighted by Crippen LogP contribution is 2.20. The van der Waals surface area contributed by atoms with Crippen LogP contribution in [0.4, 0.5) is 4.79 Å². The van der Waals surface area contributed by atoms with Crippen LogP contribution >= 0.6 is 0 Å². The molecule has 2 amide bonds. The van der Waals surface area contributed by atoms with Crippen LogP contribution in [0.1, 0.15) is 26.0 Å². The SMILES string of the molecule is CCC1(C)CN(C(=O)NCc2cn3ccccc3n2)CCO1. The Hall–Kier alpha value is -2.08. The molecule has 6 heteroatoms. The highest BCUT2D eigenvalue weighted by Gasteiger charge is 2.32. The summed E-state index contributed by atoms with van der Waals surface area (Å²) in [5, 5.41) is 2.95. The van der Waals surface area contributed by atoms with Gasteiger partial charge in [0.2, 0.25) is 0 Å². The largest absolute Gasteiger partial charge is 0.372 e. The number of amides is 2. The fourth-order valence-corrected chi connectivity index (χ4v) is 2.67.